The van der Waals surface area contributed by atoms with Gasteiger partial charge in [-0.05, 0) is 17.2 Å². The average Bonchev–Trinajstić information content (AvgIpc) is 2.41. The van der Waals surface area contributed by atoms with Gasteiger partial charge >= 0.3 is 0 Å². The lowest BCUT2D eigenvalue weighted by Gasteiger charge is -2.04. The Labute approximate surface area is 112 Å². The molecular weight excluding hydrogens is 266 g/mol. The van der Waals surface area contributed by atoms with Gasteiger partial charge in [0.05, 0.1) is 15.9 Å². The third-order valence-electron chi connectivity index (χ3n) is 2.74. The fourth-order valence-electron chi connectivity index (χ4n) is 1.74. The van der Waals surface area contributed by atoms with Crippen molar-refractivity contribution in [2.45, 2.75) is 0 Å². The van der Waals surface area contributed by atoms with Gasteiger partial charge in [0.15, 0.2) is 0 Å². The highest BCUT2D eigenvalue weighted by atomic mass is 16.6. The molecule has 1 aromatic heterocycles. The van der Waals surface area contributed by atoms with Crippen LogP contribution in [0.5, 0.6) is 0 Å². The molecule has 8 heteroatoms. The minimum Gasteiger partial charge on any atom is -0.318 e. The highest BCUT2D eigenvalue weighted by Gasteiger charge is 2.17. The van der Waals surface area contributed by atoms with Crippen LogP contribution in [0.1, 0.15) is 0 Å². The summed E-state index contributed by atoms with van der Waals surface area (Å²) >= 11 is 0. The quantitative estimate of drug-likeness (QED) is 0.627. The molecule has 0 bridgehead atoms. The minimum absolute atomic E-state index is 0.242. The number of rotatable bonds is 3. The largest absolute Gasteiger partial charge is 0.318 e. The number of nitrogens with zero attached hydrogens (tertiary/aromatic N) is 3. The van der Waals surface area contributed by atoms with Gasteiger partial charge in [0.25, 0.3) is 11.4 Å². The molecule has 0 saturated heterocycles. The topological polar surface area (TPSA) is 108 Å². The molecule has 1 aromatic carbocycles. The van der Waals surface area contributed by atoms with E-state index in [9.17, 15) is 25.0 Å². The van der Waals surface area contributed by atoms with Crippen molar-refractivity contribution >= 4 is 11.4 Å². The summed E-state index contributed by atoms with van der Waals surface area (Å²) in [5.74, 6) is 0. The summed E-state index contributed by atoms with van der Waals surface area (Å²) in [4.78, 5) is 31.5. The van der Waals surface area contributed by atoms with E-state index < -0.39 is 9.85 Å². The number of aromatic nitrogens is 1. The van der Waals surface area contributed by atoms with E-state index in [1.165, 1.54) is 42.1 Å². The van der Waals surface area contributed by atoms with E-state index in [4.69, 9.17) is 0 Å². The second-order valence-electron chi connectivity index (χ2n) is 4.12. The molecule has 0 aliphatic rings. The van der Waals surface area contributed by atoms with Crippen molar-refractivity contribution < 1.29 is 9.85 Å². The first-order valence-corrected chi connectivity index (χ1v) is 5.49. The van der Waals surface area contributed by atoms with Crippen LogP contribution in [0.3, 0.4) is 0 Å². The second-order valence-corrected chi connectivity index (χ2v) is 4.12. The van der Waals surface area contributed by atoms with Gasteiger partial charge in [-0.25, -0.2) is 0 Å². The second kappa shape index (κ2) is 4.92. The molecule has 0 spiro atoms. The summed E-state index contributed by atoms with van der Waals surface area (Å²) in [6.07, 6.45) is 1.46. The molecule has 0 amide bonds. The molecule has 0 atom stereocenters. The van der Waals surface area contributed by atoms with Gasteiger partial charge in [-0.15, -0.1) is 0 Å². The average molecular weight is 275 g/mol. The summed E-state index contributed by atoms with van der Waals surface area (Å²) in [7, 11) is 1.53. The van der Waals surface area contributed by atoms with Gasteiger partial charge in [0.2, 0.25) is 5.56 Å². The van der Waals surface area contributed by atoms with Crippen molar-refractivity contribution in [2.75, 3.05) is 0 Å². The van der Waals surface area contributed by atoms with E-state index in [-0.39, 0.29) is 16.9 Å². The van der Waals surface area contributed by atoms with Gasteiger partial charge in [-0.2, -0.15) is 0 Å². The molecule has 102 valence electrons. The number of hydrogen-bond acceptors (Lipinski definition) is 5. The highest BCUT2D eigenvalue weighted by Crippen LogP contribution is 2.28. The Bertz CT molecular complexity index is 734. The lowest BCUT2D eigenvalue weighted by atomic mass is 10.1. The molecule has 0 radical (unpaired) electrons. The summed E-state index contributed by atoms with van der Waals surface area (Å²) in [5.41, 5.74) is -0.194. The summed E-state index contributed by atoms with van der Waals surface area (Å²) in [6.45, 7) is 0. The van der Waals surface area contributed by atoms with Gasteiger partial charge in [-0.3, -0.25) is 25.0 Å². The molecule has 0 aliphatic carbocycles. The number of benzene rings is 1. The Balaban J connectivity index is 2.66. The van der Waals surface area contributed by atoms with Crippen LogP contribution in [0, 0.1) is 20.2 Å². The molecule has 0 fully saturated rings. The molecule has 20 heavy (non-hydrogen) atoms. The zero-order valence-electron chi connectivity index (χ0n) is 10.3. The molecule has 8 nitrogen and oxygen atoms in total. The SMILES string of the molecule is Cn1cc(-c2cc([N+](=O)[O-])cc([N+](=O)[O-])c2)ccc1=O. The first kappa shape index (κ1) is 13.4. The molecule has 2 rings (SSSR count). The van der Waals surface area contributed by atoms with Crippen molar-refractivity contribution in [1.29, 1.82) is 0 Å². The van der Waals surface area contributed by atoms with Crippen molar-refractivity contribution in [2.24, 2.45) is 7.05 Å². The smallest absolute Gasteiger partial charge is 0.276 e. The Kier molecular flexibility index (Phi) is 3.30. The first-order chi connectivity index (χ1) is 9.38. The van der Waals surface area contributed by atoms with Crippen LogP contribution in [0.15, 0.2) is 41.3 Å². The number of aryl methyl sites for hydroxylation is 1. The first-order valence-electron chi connectivity index (χ1n) is 5.49. The van der Waals surface area contributed by atoms with Crippen LogP contribution in [-0.2, 0) is 7.05 Å². The van der Waals surface area contributed by atoms with Gasteiger partial charge in [0, 0.05) is 31.4 Å². The van der Waals surface area contributed by atoms with Crippen LogP contribution in [0.4, 0.5) is 11.4 Å². The Hall–Kier alpha value is -3.03. The molecule has 2 aromatic rings. The van der Waals surface area contributed by atoms with Crippen LogP contribution >= 0.6 is 0 Å². The van der Waals surface area contributed by atoms with E-state index in [0.29, 0.717) is 11.1 Å². The molecular formula is C12H9N3O5. The highest BCUT2D eigenvalue weighted by molar-refractivity contribution is 5.69. The Morgan fingerprint density at radius 3 is 1.95 bits per heavy atom. The summed E-state index contributed by atoms with van der Waals surface area (Å²) < 4.78 is 1.29. The van der Waals surface area contributed by atoms with E-state index in [0.717, 1.165) is 6.07 Å². The predicted molar refractivity (Wildman–Crippen MR) is 70.4 cm³/mol. The number of nitro groups is 2. The standard InChI is InChI=1S/C12H9N3O5/c1-13-7-8(2-3-12(13)16)9-4-10(14(17)18)6-11(5-9)15(19)20/h2-7H,1H3. The number of non-ortho nitro benzene ring substituents is 2. The zero-order chi connectivity index (χ0) is 14.9. The maximum atomic E-state index is 11.3. The maximum Gasteiger partial charge on any atom is 0.276 e. The monoisotopic (exact) mass is 275 g/mol. The fourth-order valence-corrected chi connectivity index (χ4v) is 1.74. The van der Waals surface area contributed by atoms with E-state index in [1.807, 2.05) is 0 Å². The van der Waals surface area contributed by atoms with Crippen molar-refractivity contribution in [3.05, 3.63) is 67.1 Å². The third kappa shape index (κ3) is 2.53. The van der Waals surface area contributed by atoms with Gasteiger partial charge in [0.1, 0.15) is 0 Å². The molecule has 1 heterocycles. The lowest BCUT2D eigenvalue weighted by Crippen LogP contribution is -2.13. The molecule has 0 aliphatic heterocycles. The van der Waals surface area contributed by atoms with E-state index >= 15 is 0 Å². The van der Waals surface area contributed by atoms with Gasteiger partial charge in [-0.1, -0.05) is 0 Å². The number of nitro benzene ring substituents is 2. The lowest BCUT2D eigenvalue weighted by molar-refractivity contribution is -0.394. The van der Waals surface area contributed by atoms with Gasteiger partial charge < -0.3 is 4.57 Å². The number of hydrogen-bond donors (Lipinski definition) is 0. The van der Waals surface area contributed by atoms with Crippen LogP contribution in [0.2, 0.25) is 0 Å². The molecule has 0 N–H and O–H groups in total. The predicted octanol–water partition coefficient (Wildman–Crippen LogP) is 1.87. The maximum absolute atomic E-state index is 11.3. The van der Waals surface area contributed by atoms with Crippen LogP contribution in [-0.4, -0.2) is 14.4 Å². The summed E-state index contributed by atoms with van der Waals surface area (Å²) in [5, 5.41) is 21.6. The van der Waals surface area contributed by atoms with Crippen molar-refractivity contribution in [1.82, 2.24) is 4.57 Å². The van der Waals surface area contributed by atoms with E-state index in [2.05, 4.69) is 0 Å². The number of pyridine rings is 1. The fraction of sp³-hybridized carbons (Fsp3) is 0.0833. The van der Waals surface area contributed by atoms with Crippen LogP contribution in [0.25, 0.3) is 11.1 Å². The third-order valence-corrected chi connectivity index (χ3v) is 2.74. The summed E-state index contributed by atoms with van der Waals surface area (Å²) in [6, 6.07) is 6.11. The van der Waals surface area contributed by atoms with E-state index in [1.54, 1.807) is 0 Å². The van der Waals surface area contributed by atoms with Crippen molar-refractivity contribution in [3.8, 4) is 11.1 Å². The molecule has 0 saturated carbocycles. The van der Waals surface area contributed by atoms with Crippen LogP contribution < -0.4 is 5.56 Å². The zero-order valence-corrected chi connectivity index (χ0v) is 10.3. The molecule has 0 unspecified atom stereocenters. The Morgan fingerprint density at radius 1 is 0.950 bits per heavy atom. The minimum atomic E-state index is -0.696. The Morgan fingerprint density at radius 2 is 1.50 bits per heavy atom. The normalized spacial score (nSPS) is 10.2. The van der Waals surface area contributed by atoms with Crippen molar-refractivity contribution in [3.63, 3.8) is 0 Å².